The normalized spacial score (nSPS) is 10.1. The van der Waals surface area contributed by atoms with Crippen molar-refractivity contribution in [3.8, 4) is 5.75 Å². The van der Waals surface area contributed by atoms with Crippen LogP contribution in [0.3, 0.4) is 0 Å². The highest BCUT2D eigenvalue weighted by molar-refractivity contribution is 5.91. The fraction of sp³-hybridized carbons (Fsp3) is 0.214. The van der Waals surface area contributed by atoms with E-state index in [1.54, 1.807) is 26.2 Å². The van der Waals surface area contributed by atoms with Gasteiger partial charge in [-0.3, -0.25) is 4.79 Å². The lowest BCUT2D eigenvalue weighted by molar-refractivity contribution is 0.0921. The first-order valence-corrected chi connectivity index (χ1v) is 5.67. The van der Waals surface area contributed by atoms with Crippen LogP contribution in [0.15, 0.2) is 40.8 Å². The van der Waals surface area contributed by atoms with Crippen molar-refractivity contribution in [3.05, 3.63) is 53.5 Å². The second kappa shape index (κ2) is 5.40. The Bertz CT molecular complexity index is 545. The topological polar surface area (TPSA) is 51.5 Å². The zero-order valence-electron chi connectivity index (χ0n) is 10.4. The number of nitrogens with one attached hydrogen (secondary N) is 1. The smallest absolute Gasteiger partial charge is 0.287 e. The van der Waals surface area contributed by atoms with Crippen molar-refractivity contribution >= 4 is 5.91 Å². The van der Waals surface area contributed by atoms with E-state index in [0.29, 0.717) is 12.3 Å². The van der Waals surface area contributed by atoms with Gasteiger partial charge in [0.2, 0.25) is 0 Å². The molecule has 4 nitrogen and oxygen atoms in total. The number of carbonyl (C=O) groups is 1. The Morgan fingerprint density at radius 1 is 1.28 bits per heavy atom. The summed E-state index contributed by atoms with van der Waals surface area (Å²) < 4.78 is 10.5. The maximum Gasteiger partial charge on any atom is 0.287 e. The first kappa shape index (κ1) is 12.2. The molecule has 0 unspecified atom stereocenters. The number of amides is 1. The van der Waals surface area contributed by atoms with E-state index in [9.17, 15) is 4.79 Å². The van der Waals surface area contributed by atoms with Gasteiger partial charge in [-0.2, -0.15) is 0 Å². The van der Waals surface area contributed by atoms with E-state index < -0.39 is 0 Å². The molecule has 0 atom stereocenters. The Labute approximate surface area is 106 Å². The lowest BCUT2D eigenvalue weighted by atomic mass is 10.2. The van der Waals surface area contributed by atoms with E-state index in [1.165, 1.54) is 0 Å². The van der Waals surface area contributed by atoms with Gasteiger partial charge in [-0.05, 0) is 25.1 Å². The molecule has 0 radical (unpaired) electrons. The van der Waals surface area contributed by atoms with Crippen LogP contribution in [0.2, 0.25) is 0 Å². The van der Waals surface area contributed by atoms with Crippen molar-refractivity contribution in [3.63, 3.8) is 0 Å². The minimum atomic E-state index is -0.228. The molecule has 1 heterocycles. The molecule has 2 aromatic rings. The van der Waals surface area contributed by atoms with Gasteiger partial charge in [0.1, 0.15) is 11.5 Å². The lowest BCUT2D eigenvalue weighted by Crippen LogP contribution is -2.22. The highest BCUT2D eigenvalue weighted by Crippen LogP contribution is 2.17. The van der Waals surface area contributed by atoms with E-state index in [4.69, 9.17) is 9.15 Å². The molecule has 4 heteroatoms. The Balaban J connectivity index is 2.01. The summed E-state index contributed by atoms with van der Waals surface area (Å²) in [5, 5.41) is 2.79. The van der Waals surface area contributed by atoms with E-state index in [0.717, 1.165) is 17.1 Å². The first-order chi connectivity index (χ1) is 8.70. The summed E-state index contributed by atoms with van der Waals surface area (Å²) >= 11 is 0. The van der Waals surface area contributed by atoms with Crippen molar-refractivity contribution in [2.24, 2.45) is 0 Å². The molecular formula is C14H15NO3. The summed E-state index contributed by atoms with van der Waals surface area (Å²) in [6.07, 6.45) is 0. The van der Waals surface area contributed by atoms with Gasteiger partial charge in [-0.1, -0.05) is 18.2 Å². The van der Waals surface area contributed by atoms with Gasteiger partial charge in [0.25, 0.3) is 5.91 Å². The minimum absolute atomic E-state index is 0.228. The number of benzene rings is 1. The number of para-hydroxylation sites is 1. The van der Waals surface area contributed by atoms with Crippen LogP contribution in [0.5, 0.6) is 5.75 Å². The van der Waals surface area contributed by atoms with E-state index >= 15 is 0 Å². The highest BCUT2D eigenvalue weighted by atomic mass is 16.5. The summed E-state index contributed by atoms with van der Waals surface area (Å²) in [6, 6.07) is 11.0. The zero-order chi connectivity index (χ0) is 13.0. The second-order valence-corrected chi connectivity index (χ2v) is 3.90. The predicted molar refractivity (Wildman–Crippen MR) is 67.6 cm³/mol. The summed E-state index contributed by atoms with van der Waals surface area (Å²) in [5.41, 5.74) is 0.927. The van der Waals surface area contributed by atoms with Crippen LogP contribution in [-0.2, 0) is 6.54 Å². The van der Waals surface area contributed by atoms with Gasteiger partial charge in [-0.15, -0.1) is 0 Å². The molecule has 0 saturated heterocycles. The average Bonchev–Trinajstić information content (AvgIpc) is 2.83. The molecule has 2 rings (SSSR count). The number of methoxy groups -OCH3 is 1. The number of rotatable bonds is 4. The fourth-order valence-electron chi connectivity index (χ4n) is 1.67. The third kappa shape index (κ3) is 2.71. The van der Waals surface area contributed by atoms with Crippen LogP contribution >= 0.6 is 0 Å². The molecule has 0 aliphatic rings. The molecule has 0 aliphatic carbocycles. The van der Waals surface area contributed by atoms with Gasteiger partial charge in [-0.25, -0.2) is 0 Å². The molecule has 1 aromatic heterocycles. The number of aryl methyl sites for hydroxylation is 1. The van der Waals surface area contributed by atoms with Crippen LogP contribution in [0.1, 0.15) is 21.9 Å². The Morgan fingerprint density at radius 2 is 2.06 bits per heavy atom. The van der Waals surface area contributed by atoms with Crippen LogP contribution in [0, 0.1) is 6.92 Å². The molecule has 18 heavy (non-hydrogen) atoms. The second-order valence-electron chi connectivity index (χ2n) is 3.90. The quantitative estimate of drug-likeness (QED) is 0.900. The average molecular weight is 245 g/mol. The van der Waals surface area contributed by atoms with Crippen molar-refractivity contribution in [1.29, 1.82) is 0 Å². The number of carbonyl (C=O) groups excluding carboxylic acids is 1. The lowest BCUT2D eigenvalue weighted by Gasteiger charge is -2.08. The minimum Gasteiger partial charge on any atom is -0.496 e. The van der Waals surface area contributed by atoms with Gasteiger partial charge in [0.05, 0.1) is 7.11 Å². The fourth-order valence-corrected chi connectivity index (χ4v) is 1.67. The molecule has 1 amide bonds. The summed E-state index contributed by atoms with van der Waals surface area (Å²) in [4.78, 5) is 11.8. The molecule has 0 saturated carbocycles. The third-order valence-corrected chi connectivity index (χ3v) is 2.60. The maximum absolute atomic E-state index is 11.8. The van der Waals surface area contributed by atoms with Gasteiger partial charge in [0, 0.05) is 12.1 Å². The summed E-state index contributed by atoms with van der Waals surface area (Å²) in [6.45, 7) is 2.21. The molecule has 0 spiro atoms. The van der Waals surface area contributed by atoms with Gasteiger partial charge < -0.3 is 14.5 Å². The zero-order valence-corrected chi connectivity index (χ0v) is 10.4. The maximum atomic E-state index is 11.8. The van der Waals surface area contributed by atoms with Crippen LogP contribution in [0.4, 0.5) is 0 Å². The van der Waals surface area contributed by atoms with Gasteiger partial charge >= 0.3 is 0 Å². The van der Waals surface area contributed by atoms with Crippen molar-refractivity contribution in [1.82, 2.24) is 5.32 Å². The van der Waals surface area contributed by atoms with E-state index in [-0.39, 0.29) is 5.91 Å². The monoisotopic (exact) mass is 245 g/mol. The Hall–Kier alpha value is -2.23. The first-order valence-electron chi connectivity index (χ1n) is 5.67. The van der Waals surface area contributed by atoms with Gasteiger partial charge in [0.15, 0.2) is 5.76 Å². The Kier molecular flexibility index (Phi) is 3.67. The standard InChI is InChI=1S/C14H15NO3/c1-10-7-8-13(18-10)14(16)15-9-11-5-3-4-6-12(11)17-2/h3-8H,9H2,1-2H3,(H,15,16). The SMILES string of the molecule is COc1ccccc1CNC(=O)c1ccc(C)o1. The van der Waals surface area contributed by atoms with E-state index in [1.807, 2.05) is 24.3 Å². The number of hydrogen-bond donors (Lipinski definition) is 1. The summed E-state index contributed by atoms with van der Waals surface area (Å²) in [5.74, 6) is 1.57. The molecular weight excluding hydrogens is 230 g/mol. The number of ether oxygens (including phenoxy) is 1. The number of hydrogen-bond acceptors (Lipinski definition) is 3. The number of furan rings is 1. The van der Waals surface area contributed by atoms with Crippen molar-refractivity contribution < 1.29 is 13.9 Å². The highest BCUT2D eigenvalue weighted by Gasteiger charge is 2.10. The molecule has 1 N–H and O–H groups in total. The van der Waals surface area contributed by atoms with Crippen LogP contribution in [0.25, 0.3) is 0 Å². The van der Waals surface area contributed by atoms with E-state index in [2.05, 4.69) is 5.32 Å². The summed E-state index contributed by atoms with van der Waals surface area (Å²) in [7, 11) is 1.61. The van der Waals surface area contributed by atoms with Crippen molar-refractivity contribution in [2.45, 2.75) is 13.5 Å². The third-order valence-electron chi connectivity index (χ3n) is 2.60. The predicted octanol–water partition coefficient (Wildman–Crippen LogP) is 2.53. The molecule has 1 aromatic carbocycles. The van der Waals surface area contributed by atoms with Crippen LogP contribution in [-0.4, -0.2) is 13.0 Å². The van der Waals surface area contributed by atoms with Crippen LogP contribution < -0.4 is 10.1 Å². The largest absolute Gasteiger partial charge is 0.496 e. The molecule has 0 fully saturated rings. The molecule has 0 bridgehead atoms. The molecule has 94 valence electrons. The van der Waals surface area contributed by atoms with Crippen molar-refractivity contribution in [2.75, 3.05) is 7.11 Å². The Morgan fingerprint density at radius 3 is 2.72 bits per heavy atom. The molecule has 0 aliphatic heterocycles.